The molecule has 0 fully saturated rings. The van der Waals surface area contributed by atoms with E-state index >= 15 is 0 Å². The van der Waals surface area contributed by atoms with Crippen molar-refractivity contribution in [3.05, 3.63) is 35.4 Å². The normalized spacial score (nSPS) is 15.2. The van der Waals surface area contributed by atoms with E-state index < -0.39 is 10.8 Å². The molecule has 0 saturated heterocycles. The summed E-state index contributed by atoms with van der Waals surface area (Å²) >= 11 is 0. The molecule has 0 heterocycles. The summed E-state index contributed by atoms with van der Waals surface area (Å²) in [6, 6.07) is 8.28. The molecule has 0 aromatic heterocycles. The number of unbranched alkanes of at least 4 members (excludes halogenated alkanes) is 1. The predicted octanol–water partition coefficient (Wildman–Crippen LogP) is 3.53. The molecule has 1 aromatic rings. The predicted molar refractivity (Wildman–Crippen MR) is 84.9 cm³/mol. The van der Waals surface area contributed by atoms with Crippen LogP contribution in [0.15, 0.2) is 24.3 Å². The molecule has 3 heteroatoms. The maximum absolute atomic E-state index is 11.8. The minimum Gasteiger partial charge on any atom is -0.323 e. The molecule has 0 aliphatic carbocycles. The molecule has 2 atom stereocenters. The van der Waals surface area contributed by atoms with Gasteiger partial charge in [-0.25, -0.2) is 0 Å². The Balaban J connectivity index is 2.63. The summed E-state index contributed by atoms with van der Waals surface area (Å²) < 4.78 is 11.8. The van der Waals surface area contributed by atoms with E-state index in [1.54, 1.807) is 0 Å². The van der Waals surface area contributed by atoms with E-state index in [9.17, 15) is 4.21 Å². The Bertz CT molecular complexity index is 406. The summed E-state index contributed by atoms with van der Waals surface area (Å²) in [6.45, 7) is 8.70. The van der Waals surface area contributed by atoms with E-state index in [4.69, 9.17) is 5.73 Å². The highest BCUT2D eigenvalue weighted by atomic mass is 32.2. The molecule has 19 heavy (non-hydrogen) atoms. The fourth-order valence-electron chi connectivity index (χ4n) is 1.92. The first kappa shape index (κ1) is 16.4. The van der Waals surface area contributed by atoms with Crippen LogP contribution in [0.3, 0.4) is 0 Å². The van der Waals surface area contributed by atoms with Crippen molar-refractivity contribution in [3.63, 3.8) is 0 Å². The van der Waals surface area contributed by atoms with Gasteiger partial charge < -0.3 is 5.73 Å². The average molecular weight is 281 g/mol. The lowest BCUT2D eigenvalue weighted by molar-refractivity contribution is 0.589. The summed E-state index contributed by atoms with van der Waals surface area (Å²) in [5, 5.41) is 0. The van der Waals surface area contributed by atoms with E-state index in [0.717, 1.165) is 24.2 Å². The zero-order valence-electron chi connectivity index (χ0n) is 12.6. The molecule has 0 bridgehead atoms. The van der Waals surface area contributed by atoms with Gasteiger partial charge in [0.15, 0.2) is 0 Å². The molecular weight excluding hydrogens is 254 g/mol. The second kappa shape index (κ2) is 7.20. The highest BCUT2D eigenvalue weighted by Gasteiger charge is 2.15. The molecule has 2 N–H and O–H groups in total. The maximum Gasteiger partial charge on any atom is 0.0428 e. The number of rotatable bonds is 6. The zero-order chi connectivity index (χ0) is 14.5. The van der Waals surface area contributed by atoms with Gasteiger partial charge in [-0.2, -0.15) is 0 Å². The lowest BCUT2D eigenvalue weighted by atomic mass is 9.86. The van der Waals surface area contributed by atoms with Gasteiger partial charge in [0.2, 0.25) is 0 Å². The van der Waals surface area contributed by atoms with Gasteiger partial charge in [-0.15, -0.1) is 0 Å². The molecule has 0 spiro atoms. The van der Waals surface area contributed by atoms with E-state index in [1.165, 1.54) is 5.56 Å². The Morgan fingerprint density at radius 2 is 1.79 bits per heavy atom. The van der Waals surface area contributed by atoms with Crippen LogP contribution in [0.2, 0.25) is 0 Å². The van der Waals surface area contributed by atoms with Gasteiger partial charge in [-0.05, 0) is 23.0 Å². The zero-order valence-corrected chi connectivity index (χ0v) is 13.4. The number of hydrogen-bond donors (Lipinski definition) is 1. The van der Waals surface area contributed by atoms with Crippen LogP contribution < -0.4 is 5.73 Å². The van der Waals surface area contributed by atoms with Gasteiger partial charge in [0.05, 0.1) is 0 Å². The van der Waals surface area contributed by atoms with Crippen LogP contribution in [-0.2, 0) is 16.2 Å². The van der Waals surface area contributed by atoms with Crippen molar-refractivity contribution in [2.45, 2.75) is 52.0 Å². The molecule has 0 saturated carbocycles. The molecule has 2 nitrogen and oxygen atoms in total. The molecule has 0 amide bonds. The minimum atomic E-state index is -0.798. The summed E-state index contributed by atoms with van der Waals surface area (Å²) in [6.07, 6.45) is 2.10. The van der Waals surface area contributed by atoms with E-state index in [1.807, 2.05) is 0 Å². The summed E-state index contributed by atoms with van der Waals surface area (Å²) in [4.78, 5) is 0. The van der Waals surface area contributed by atoms with Crippen LogP contribution in [0.5, 0.6) is 0 Å². The fraction of sp³-hybridized carbons (Fsp3) is 0.625. The third-order valence-corrected chi connectivity index (χ3v) is 4.77. The minimum absolute atomic E-state index is 0.119. The van der Waals surface area contributed by atoms with Crippen molar-refractivity contribution in [3.8, 4) is 0 Å². The number of hydrogen-bond acceptors (Lipinski definition) is 2. The molecule has 1 rings (SSSR count). The van der Waals surface area contributed by atoms with Crippen LogP contribution in [0.4, 0.5) is 0 Å². The Morgan fingerprint density at radius 3 is 2.26 bits per heavy atom. The largest absolute Gasteiger partial charge is 0.323 e. The SMILES string of the molecule is CCCCS(=O)CC(N)c1ccc(C(C)(C)C)cc1. The molecule has 108 valence electrons. The molecule has 0 aliphatic rings. The van der Waals surface area contributed by atoms with E-state index in [2.05, 4.69) is 52.0 Å². The third-order valence-electron chi connectivity index (χ3n) is 3.30. The third kappa shape index (κ3) is 5.45. The first-order chi connectivity index (χ1) is 8.84. The average Bonchev–Trinajstić information content (AvgIpc) is 2.35. The standard InChI is InChI=1S/C16H27NOS/c1-5-6-11-19(18)12-15(17)13-7-9-14(10-8-13)16(2,3)4/h7-10,15H,5-6,11-12,17H2,1-4H3. The monoisotopic (exact) mass is 281 g/mol. The van der Waals surface area contributed by atoms with Crippen LogP contribution >= 0.6 is 0 Å². The van der Waals surface area contributed by atoms with Crippen molar-refractivity contribution in [2.24, 2.45) is 5.73 Å². The summed E-state index contributed by atoms with van der Waals surface area (Å²) in [5.74, 6) is 1.33. The molecule has 1 aromatic carbocycles. The lowest BCUT2D eigenvalue weighted by Gasteiger charge is -2.20. The summed E-state index contributed by atoms with van der Waals surface area (Å²) in [7, 11) is -0.798. The summed E-state index contributed by atoms with van der Waals surface area (Å²) in [5.41, 5.74) is 8.68. The topological polar surface area (TPSA) is 43.1 Å². The molecule has 2 unspecified atom stereocenters. The van der Waals surface area contributed by atoms with Crippen molar-refractivity contribution in [2.75, 3.05) is 11.5 Å². The molecule has 0 aliphatic heterocycles. The second-order valence-electron chi connectivity index (χ2n) is 6.14. The van der Waals surface area contributed by atoms with Gasteiger partial charge in [-0.1, -0.05) is 58.4 Å². The van der Waals surface area contributed by atoms with E-state index in [-0.39, 0.29) is 11.5 Å². The molecular formula is C16H27NOS. The van der Waals surface area contributed by atoms with Crippen molar-refractivity contribution in [1.82, 2.24) is 0 Å². The highest BCUT2D eigenvalue weighted by molar-refractivity contribution is 7.85. The van der Waals surface area contributed by atoms with E-state index in [0.29, 0.717) is 5.75 Å². The smallest absolute Gasteiger partial charge is 0.0428 e. The fourth-order valence-corrected chi connectivity index (χ4v) is 3.29. The highest BCUT2D eigenvalue weighted by Crippen LogP contribution is 2.23. The molecule has 0 radical (unpaired) electrons. The van der Waals surface area contributed by atoms with Crippen LogP contribution in [0.1, 0.15) is 57.7 Å². The second-order valence-corrected chi connectivity index (χ2v) is 7.76. The Kier molecular flexibility index (Phi) is 6.21. The van der Waals surface area contributed by atoms with Crippen LogP contribution in [0, 0.1) is 0 Å². The first-order valence-corrected chi connectivity index (χ1v) is 8.54. The van der Waals surface area contributed by atoms with Gasteiger partial charge in [0.25, 0.3) is 0 Å². The van der Waals surface area contributed by atoms with Crippen molar-refractivity contribution >= 4 is 10.8 Å². The Morgan fingerprint density at radius 1 is 1.21 bits per heavy atom. The van der Waals surface area contributed by atoms with Crippen molar-refractivity contribution < 1.29 is 4.21 Å². The van der Waals surface area contributed by atoms with Gasteiger partial charge >= 0.3 is 0 Å². The maximum atomic E-state index is 11.8. The van der Waals surface area contributed by atoms with Gasteiger partial charge in [0.1, 0.15) is 0 Å². The number of nitrogens with two attached hydrogens (primary N) is 1. The van der Waals surface area contributed by atoms with Crippen molar-refractivity contribution in [1.29, 1.82) is 0 Å². The Hall–Kier alpha value is -0.670. The van der Waals surface area contributed by atoms with Gasteiger partial charge in [0, 0.05) is 28.3 Å². The quantitative estimate of drug-likeness (QED) is 0.866. The number of benzene rings is 1. The van der Waals surface area contributed by atoms with Crippen LogP contribution in [-0.4, -0.2) is 15.7 Å². The van der Waals surface area contributed by atoms with Gasteiger partial charge in [-0.3, -0.25) is 4.21 Å². The Labute approximate surface area is 120 Å². The first-order valence-electron chi connectivity index (χ1n) is 7.05. The van der Waals surface area contributed by atoms with Crippen LogP contribution in [0.25, 0.3) is 0 Å². The lowest BCUT2D eigenvalue weighted by Crippen LogP contribution is -2.20.